The zero-order valence-electron chi connectivity index (χ0n) is 14.7. The summed E-state index contributed by atoms with van der Waals surface area (Å²) in [5, 5.41) is 2.95. The Morgan fingerprint density at radius 3 is 2.44 bits per heavy atom. The minimum atomic E-state index is -0.789. The molecule has 5 nitrogen and oxygen atoms in total. The van der Waals surface area contributed by atoms with Crippen LogP contribution in [-0.2, 0) is 16.1 Å². The van der Waals surface area contributed by atoms with E-state index in [9.17, 15) is 4.79 Å². The lowest BCUT2D eigenvalue weighted by atomic mass is 9.90. The Kier molecular flexibility index (Phi) is 7.54. The first-order chi connectivity index (χ1) is 11.7. The van der Waals surface area contributed by atoms with Crippen LogP contribution in [0.3, 0.4) is 0 Å². The van der Waals surface area contributed by atoms with Gasteiger partial charge < -0.3 is 20.5 Å². The Labute approximate surface area is 156 Å². The van der Waals surface area contributed by atoms with Crippen LogP contribution in [0.1, 0.15) is 50.5 Å². The lowest BCUT2D eigenvalue weighted by Crippen LogP contribution is -2.56. The van der Waals surface area contributed by atoms with E-state index in [2.05, 4.69) is 5.32 Å². The van der Waals surface area contributed by atoms with Gasteiger partial charge in [0.05, 0.1) is 11.6 Å². The number of nitrogens with one attached hydrogen (secondary N) is 1. The Hall–Kier alpha value is -1.30. The molecular formula is C19H29ClN2O3. The molecule has 0 radical (unpaired) electrons. The number of hydrogen-bond donors (Lipinski definition) is 2. The zero-order valence-corrected chi connectivity index (χ0v) is 15.5. The molecule has 0 atom stereocenters. The van der Waals surface area contributed by atoms with Crippen LogP contribution in [0.15, 0.2) is 24.3 Å². The van der Waals surface area contributed by atoms with Crippen molar-refractivity contribution in [3.05, 3.63) is 29.8 Å². The van der Waals surface area contributed by atoms with Gasteiger partial charge in [-0.3, -0.25) is 4.79 Å². The fraction of sp³-hybridized carbons (Fsp3) is 0.632. The number of nitrogens with two attached hydrogens (primary N) is 1. The van der Waals surface area contributed by atoms with E-state index < -0.39 is 5.54 Å². The number of carbonyl (C=O) groups is 1. The van der Waals surface area contributed by atoms with Crippen LogP contribution in [0.5, 0.6) is 5.75 Å². The van der Waals surface area contributed by atoms with Gasteiger partial charge in [-0.15, -0.1) is 12.4 Å². The normalized spacial score (nSPS) is 20.4. The Bertz CT molecular complexity index is 538. The first-order valence-corrected chi connectivity index (χ1v) is 9.06. The maximum atomic E-state index is 12.3. The monoisotopic (exact) mass is 368 g/mol. The average molecular weight is 369 g/mol. The highest BCUT2D eigenvalue weighted by Crippen LogP contribution is 2.23. The largest absolute Gasteiger partial charge is 0.490 e. The van der Waals surface area contributed by atoms with Crippen LogP contribution in [0, 0.1) is 0 Å². The maximum Gasteiger partial charge on any atom is 0.240 e. The third-order valence-corrected chi connectivity index (χ3v) is 5.07. The second-order valence-corrected chi connectivity index (χ2v) is 6.97. The molecule has 25 heavy (non-hydrogen) atoms. The third-order valence-electron chi connectivity index (χ3n) is 5.07. The summed E-state index contributed by atoms with van der Waals surface area (Å²) in [5.74, 6) is 0.824. The van der Waals surface area contributed by atoms with Crippen LogP contribution < -0.4 is 15.8 Å². The van der Waals surface area contributed by atoms with E-state index in [1.807, 2.05) is 24.3 Å². The smallest absolute Gasteiger partial charge is 0.240 e. The van der Waals surface area contributed by atoms with Gasteiger partial charge >= 0.3 is 0 Å². The third kappa shape index (κ3) is 5.59. The lowest BCUT2D eigenvalue weighted by Gasteiger charge is -2.31. The molecule has 0 unspecified atom stereocenters. The molecule has 6 heteroatoms. The van der Waals surface area contributed by atoms with E-state index in [-0.39, 0.29) is 18.3 Å². The van der Waals surface area contributed by atoms with Crippen molar-refractivity contribution in [3.8, 4) is 5.75 Å². The first-order valence-electron chi connectivity index (χ1n) is 9.06. The standard InChI is InChI=1S/C19H28N2O3.ClH/c20-19(10-12-23-13-11-19)18(22)21-14-15-6-8-17(9-7-15)24-16-4-2-1-3-5-16;/h6-9,16H,1-5,10-14,20H2,(H,21,22);1H. The first kappa shape index (κ1) is 20.0. The Morgan fingerprint density at radius 2 is 1.80 bits per heavy atom. The van der Waals surface area contributed by atoms with E-state index in [1.54, 1.807) is 0 Å². The number of halogens is 1. The molecule has 140 valence electrons. The van der Waals surface area contributed by atoms with Gasteiger partial charge in [0.2, 0.25) is 5.91 Å². The highest BCUT2D eigenvalue weighted by molar-refractivity contribution is 5.86. The minimum absolute atomic E-state index is 0. The van der Waals surface area contributed by atoms with E-state index in [0.717, 1.165) is 24.2 Å². The number of hydrogen-bond acceptors (Lipinski definition) is 4. The SMILES string of the molecule is Cl.NC1(C(=O)NCc2ccc(OC3CCCCC3)cc2)CCOCC1. The van der Waals surface area contributed by atoms with Crippen LogP contribution in [0.25, 0.3) is 0 Å². The van der Waals surface area contributed by atoms with E-state index in [4.69, 9.17) is 15.2 Å². The second-order valence-electron chi connectivity index (χ2n) is 6.97. The van der Waals surface area contributed by atoms with Crippen LogP contribution in [0.4, 0.5) is 0 Å². The minimum Gasteiger partial charge on any atom is -0.490 e. The summed E-state index contributed by atoms with van der Waals surface area (Å²) >= 11 is 0. The highest BCUT2D eigenvalue weighted by Gasteiger charge is 2.35. The van der Waals surface area contributed by atoms with Crippen LogP contribution >= 0.6 is 12.4 Å². The lowest BCUT2D eigenvalue weighted by molar-refractivity contribution is -0.129. The number of amides is 1. The summed E-state index contributed by atoms with van der Waals surface area (Å²) in [7, 11) is 0. The van der Waals surface area contributed by atoms with Crippen molar-refractivity contribution in [1.29, 1.82) is 0 Å². The summed E-state index contributed by atoms with van der Waals surface area (Å²) < 4.78 is 11.3. The summed E-state index contributed by atoms with van der Waals surface area (Å²) in [6.45, 7) is 1.59. The highest BCUT2D eigenvalue weighted by atomic mass is 35.5. The number of ether oxygens (including phenoxy) is 2. The van der Waals surface area contributed by atoms with Crippen molar-refractivity contribution in [1.82, 2.24) is 5.32 Å². The maximum absolute atomic E-state index is 12.3. The summed E-state index contributed by atoms with van der Waals surface area (Å²) in [6, 6.07) is 7.99. The van der Waals surface area contributed by atoms with Gasteiger partial charge in [0, 0.05) is 19.8 Å². The molecule has 0 spiro atoms. The van der Waals surface area contributed by atoms with Crippen molar-refractivity contribution in [3.63, 3.8) is 0 Å². The van der Waals surface area contributed by atoms with Crippen molar-refractivity contribution in [2.45, 2.75) is 63.1 Å². The second kappa shape index (κ2) is 9.41. The van der Waals surface area contributed by atoms with Gasteiger partial charge in [-0.1, -0.05) is 18.6 Å². The number of benzene rings is 1. The van der Waals surface area contributed by atoms with Gasteiger partial charge in [-0.05, 0) is 56.2 Å². The fourth-order valence-electron chi connectivity index (χ4n) is 3.38. The topological polar surface area (TPSA) is 73.6 Å². The molecule has 0 aromatic heterocycles. The Morgan fingerprint density at radius 1 is 1.16 bits per heavy atom. The van der Waals surface area contributed by atoms with Crippen LogP contribution in [-0.4, -0.2) is 30.8 Å². The summed E-state index contributed by atoms with van der Waals surface area (Å²) in [6.07, 6.45) is 7.67. The molecule has 3 N–H and O–H groups in total. The number of carbonyl (C=O) groups excluding carboxylic acids is 1. The van der Waals surface area contributed by atoms with E-state index in [1.165, 1.54) is 19.3 Å². The number of rotatable bonds is 5. The predicted octanol–water partition coefficient (Wildman–Crippen LogP) is 2.94. The van der Waals surface area contributed by atoms with Gasteiger partial charge in [-0.25, -0.2) is 0 Å². The van der Waals surface area contributed by atoms with Crippen molar-refractivity contribution in [2.24, 2.45) is 5.73 Å². The molecule has 1 saturated carbocycles. The quantitative estimate of drug-likeness (QED) is 0.838. The molecule has 2 fully saturated rings. The summed E-state index contributed by atoms with van der Waals surface area (Å²) in [5.41, 5.74) is 6.44. The molecule has 1 heterocycles. The van der Waals surface area contributed by atoms with Crippen molar-refractivity contribution >= 4 is 18.3 Å². The molecule has 0 bridgehead atoms. The molecule has 1 aromatic carbocycles. The van der Waals surface area contributed by atoms with Crippen molar-refractivity contribution in [2.75, 3.05) is 13.2 Å². The molecule has 3 rings (SSSR count). The van der Waals surface area contributed by atoms with Gasteiger partial charge in [0.1, 0.15) is 5.75 Å². The van der Waals surface area contributed by atoms with Gasteiger partial charge in [0.25, 0.3) is 0 Å². The molecular weight excluding hydrogens is 340 g/mol. The van der Waals surface area contributed by atoms with E-state index in [0.29, 0.717) is 38.7 Å². The molecule has 1 amide bonds. The molecule has 1 aliphatic heterocycles. The Balaban J connectivity index is 0.00000225. The van der Waals surface area contributed by atoms with Gasteiger partial charge in [0.15, 0.2) is 0 Å². The zero-order chi connectivity index (χ0) is 16.8. The fourth-order valence-corrected chi connectivity index (χ4v) is 3.38. The molecule has 2 aliphatic rings. The summed E-state index contributed by atoms with van der Waals surface area (Å²) in [4.78, 5) is 12.3. The van der Waals surface area contributed by atoms with Crippen LogP contribution in [0.2, 0.25) is 0 Å². The van der Waals surface area contributed by atoms with Crippen molar-refractivity contribution < 1.29 is 14.3 Å². The molecule has 1 aliphatic carbocycles. The average Bonchev–Trinajstić information content (AvgIpc) is 2.62. The molecule has 1 saturated heterocycles. The van der Waals surface area contributed by atoms with Gasteiger partial charge in [-0.2, -0.15) is 0 Å². The predicted molar refractivity (Wildman–Crippen MR) is 100 cm³/mol. The molecule has 1 aromatic rings. The van der Waals surface area contributed by atoms with E-state index >= 15 is 0 Å².